The molecule has 0 N–H and O–H groups in total. The Morgan fingerprint density at radius 2 is 1.79 bits per heavy atom. The Kier molecular flexibility index (Phi) is 8.11. The molecular weight excluding hydrogens is 358 g/mol. The number of hydrogen-bond donors (Lipinski definition) is 0. The van der Waals surface area contributed by atoms with E-state index in [4.69, 9.17) is 9.47 Å². The van der Waals surface area contributed by atoms with Gasteiger partial charge in [0.05, 0.1) is 13.7 Å². The molecule has 0 unspecified atom stereocenters. The smallest absolute Gasteiger partial charge is 0.489 e. The van der Waals surface area contributed by atoms with Gasteiger partial charge in [0.15, 0.2) is 6.10 Å². The fraction of sp³-hybridized carbons (Fsp3) is 0.455. The van der Waals surface area contributed by atoms with Crippen LogP contribution in [0.2, 0.25) is 0 Å². The molecule has 6 heteroatoms. The second-order valence-corrected chi connectivity index (χ2v) is 6.87. The number of nitrogens with zero attached hydrogens (tertiary/aromatic N) is 1. The quantitative estimate of drug-likeness (QED) is 0.597. The molecule has 1 atom stereocenters. The van der Waals surface area contributed by atoms with Gasteiger partial charge in [0.2, 0.25) is 5.91 Å². The van der Waals surface area contributed by atoms with E-state index >= 15 is 0 Å². The summed E-state index contributed by atoms with van der Waals surface area (Å²) in [6.07, 6.45) is -0.225. The first-order valence-corrected chi connectivity index (χ1v) is 9.60. The predicted octanol–water partition coefficient (Wildman–Crippen LogP) is 4.41. The molecule has 2 aromatic rings. The summed E-state index contributed by atoms with van der Waals surface area (Å²) in [5.41, 5.74) is 0. The van der Waals surface area contributed by atoms with Gasteiger partial charge in [-0.25, -0.2) is 4.79 Å². The zero-order chi connectivity index (χ0) is 20.5. The van der Waals surface area contributed by atoms with Crippen LogP contribution in [0, 0.1) is 0 Å². The number of amides is 1. The van der Waals surface area contributed by atoms with Crippen LogP contribution in [0.4, 0.5) is 4.79 Å². The fourth-order valence-electron chi connectivity index (χ4n) is 2.99. The van der Waals surface area contributed by atoms with Crippen molar-refractivity contribution in [1.29, 1.82) is 0 Å². The van der Waals surface area contributed by atoms with Crippen LogP contribution in [0.5, 0.6) is 5.75 Å². The van der Waals surface area contributed by atoms with Gasteiger partial charge in [0.25, 0.3) is 0 Å². The number of carbonyl (C=O) groups is 2. The minimum atomic E-state index is -0.793. The van der Waals surface area contributed by atoms with Crippen LogP contribution in [0.15, 0.2) is 42.5 Å². The number of fused-ring (bicyclic) bond motifs is 1. The third-order valence-electron chi connectivity index (χ3n) is 4.41. The summed E-state index contributed by atoms with van der Waals surface area (Å²) < 4.78 is 16.0. The van der Waals surface area contributed by atoms with Crippen LogP contribution >= 0.6 is 0 Å². The van der Waals surface area contributed by atoms with Crippen LogP contribution in [-0.2, 0) is 14.3 Å². The van der Waals surface area contributed by atoms with Crippen molar-refractivity contribution in [1.82, 2.24) is 4.90 Å². The fourth-order valence-corrected chi connectivity index (χ4v) is 2.99. The largest absolute Gasteiger partial charge is 0.508 e. The maximum atomic E-state index is 12.4. The van der Waals surface area contributed by atoms with Gasteiger partial charge < -0.3 is 19.1 Å². The first-order chi connectivity index (χ1) is 13.5. The van der Waals surface area contributed by atoms with Gasteiger partial charge >= 0.3 is 6.16 Å². The molecule has 0 saturated heterocycles. The van der Waals surface area contributed by atoms with Crippen LogP contribution in [0.1, 0.15) is 33.6 Å². The Morgan fingerprint density at radius 1 is 1.07 bits per heavy atom. The van der Waals surface area contributed by atoms with Crippen molar-refractivity contribution < 1.29 is 23.8 Å². The molecule has 0 radical (unpaired) electrons. The number of benzene rings is 2. The Hall–Kier alpha value is -2.76. The Labute approximate surface area is 166 Å². The molecule has 0 aromatic heterocycles. The van der Waals surface area contributed by atoms with Gasteiger partial charge in [-0.2, -0.15) is 0 Å². The lowest BCUT2D eigenvalue weighted by Crippen LogP contribution is -2.45. The van der Waals surface area contributed by atoms with Gasteiger partial charge in [0, 0.05) is 17.8 Å². The summed E-state index contributed by atoms with van der Waals surface area (Å²) in [6, 6.07) is 13.7. The molecule has 2 aromatic carbocycles. The van der Waals surface area contributed by atoms with Gasteiger partial charge in [-0.1, -0.05) is 43.3 Å². The van der Waals surface area contributed by atoms with Crippen molar-refractivity contribution in [3.05, 3.63) is 42.5 Å². The van der Waals surface area contributed by atoms with Crippen LogP contribution in [0.3, 0.4) is 0 Å². The van der Waals surface area contributed by atoms with Crippen molar-refractivity contribution in [2.24, 2.45) is 0 Å². The average Bonchev–Trinajstić information content (AvgIpc) is 2.69. The molecule has 0 fully saturated rings. The topological polar surface area (TPSA) is 65.1 Å². The van der Waals surface area contributed by atoms with Gasteiger partial charge in [-0.15, -0.1) is 0 Å². The lowest BCUT2D eigenvalue weighted by Gasteiger charge is -2.30. The van der Waals surface area contributed by atoms with Gasteiger partial charge in [-0.05, 0) is 31.7 Å². The highest BCUT2D eigenvalue weighted by Crippen LogP contribution is 2.25. The Bertz CT molecular complexity index is 784. The van der Waals surface area contributed by atoms with E-state index in [0.29, 0.717) is 12.2 Å². The van der Waals surface area contributed by atoms with E-state index in [2.05, 4.69) is 4.74 Å². The van der Waals surface area contributed by atoms with E-state index in [1.165, 1.54) is 7.11 Å². The molecule has 0 aliphatic rings. The van der Waals surface area contributed by atoms with E-state index in [0.717, 1.165) is 17.2 Å². The third-order valence-corrected chi connectivity index (χ3v) is 4.41. The number of methoxy groups -OCH3 is 1. The van der Waals surface area contributed by atoms with E-state index in [1.54, 1.807) is 4.90 Å². The molecule has 28 heavy (non-hydrogen) atoms. The Morgan fingerprint density at radius 3 is 2.46 bits per heavy atom. The molecule has 6 nitrogen and oxygen atoms in total. The van der Waals surface area contributed by atoms with E-state index in [9.17, 15) is 9.59 Å². The predicted molar refractivity (Wildman–Crippen MR) is 108 cm³/mol. The normalized spacial score (nSPS) is 11.9. The molecular formula is C22H29NO5. The van der Waals surface area contributed by atoms with Crippen LogP contribution < -0.4 is 4.74 Å². The maximum Gasteiger partial charge on any atom is 0.508 e. The maximum absolute atomic E-state index is 12.4. The Balaban J connectivity index is 2.15. The number of ether oxygens (including phenoxy) is 3. The van der Waals surface area contributed by atoms with E-state index in [-0.39, 0.29) is 25.1 Å². The highest BCUT2D eigenvalue weighted by atomic mass is 16.7. The van der Waals surface area contributed by atoms with Crippen molar-refractivity contribution in [3.8, 4) is 5.75 Å². The molecule has 1 amide bonds. The zero-order valence-corrected chi connectivity index (χ0v) is 17.0. The average molecular weight is 387 g/mol. The van der Waals surface area contributed by atoms with Crippen LogP contribution in [-0.4, -0.2) is 49.4 Å². The minimum Gasteiger partial charge on any atom is -0.489 e. The summed E-state index contributed by atoms with van der Waals surface area (Å²) in [6.45, 7) is 6.20. The third kappa shape index (κ3) is 5.87. The van der Waals surface area contributed by atoms with Crippen molar-refractivity contribution in [3.63, 3.8) is 0 Å². The summed E-state index contributed by atoms with van der Waals surface area (Å²) >= 11 is 0. The second kappa shape index (κ2) is 10.5. The first kappa shape index (κ1) is 21.5. The molecule has 0 saturated carbocycles. The van der Waals surface area contributed by atoms with Crippen molar-refractivity contribution >= 4 is 22.8 Å². The van der Waals surface area contributed by atoms with Crippen molar-refractivity contribution in [2.45, 2.75) is 45.8 Å². The van der Waals surface area contributed by atoms with E-state index in [1.807, 2.05) is 63.2 Å². The molecule has 0 heterocycles. The summed E-state index contributed by atoms with van der Waals surface area (Å²) in [5.74, 6) is 0.730. The summed E-state index contributed by atoms with van der Waals surface area (Å²) in [7, 11) is 1.26. The lowest BCUT2D eigenvalue weighted by molar-refractivity contribution is -0.135. The molecule has 2 rings (SSSR count). The first-order valence-electron chi connectivity index (χ1n) is 9.60. The lowest BCUT2D eigenvalue weighted by atomic mass is 10.1. The molecule has 0 bridgehead atoms. The highest BCUT2D eigenvalue weighted by molar-refractivity contribution is 5.88. The standard InChI is InChI=1S/C22H29NO5/c1-5-9-21(24)23(16(2)3)14-18(28-22(25)26-4)15-27-20-13-8-11-17-10-6-7-12-19(17)20/h6-8,10-13,16,18H,5,9,14-15H2,1-4H3/t18-/m0/s1. The minimum absolute atomic E-state index is 0.0136. The summed E-state index contributed by atoms with van der Waals surface area (Å²) in [5, 5.41) is 2.04. The summed E-state index contributed by atoms with van der Waals surface area (Å²) in [4.78, 5) is 25.8. The molecule has 0 aliphatic carbocycles. The second-order valence-electron chi connectivity index (χ2n) is 6.87. The van der Waals surface area contributed by atoms with Gasteiger partial charge in [0.1, 0.15) is 12.4 Å². The number of hydrogen-bond acceptors (Lipinski definition) is 5. The van der Waals surface area contributed by atoms with Gasteiger partial charge in [-0.3, -0.25) is 4.79 Å². The molecule has 0 spiro atoms. The highest BCUT2D eigenvalue weighted by Gasteiger charge is 2.25. The number of rotatable bonds is 9. The monoisotopic (exact) mass is 387 g/mol. The molecule has 0 aliphatic heterocycles. The molecule has 152 valence electrons. The zero-order valence-electron chi connectivity index (χ0n) is 17.0. The number of carbonyl (C=O) groups excluding carboxylic acids is 2. The van der Waals surface area contributed by atoms with E-state index < -0.39 is 12.3 Å². The van der Waals surface area contributed by atoms with Crippen LogP contribution in [0.25, 0.3) is 10.8 Å². The van der Waals surface area contributed by atoms with Crippen molar-refractivity contribution in [2.75, 3.05) is 20.3 Å². The SMILES string of the molecule is CCCC(=O)N(C[C@@H](COc1cccc2ccccc12)OC(=O)OC)C(C)C.